The molecule has 5 atom stereocenters. The highest BCUT2D eigenvalue weighted by molar-refractivity contribution is 6.01. The average molecular weight is 534 g/mol. The normalized spacial score (nSPS) is 27.1. The van der Waals surface area contributed by atoms with Crippen molar-refractivity contribution < 1.29 is 31.9 Å². The van der Waals surface area contributed by atoms with E-state index >= 15 is 0 Å². The van der Waals surface area contributed by atoms with Crippen LogP contribution >= 0.6 is 0 Å². The number of hydrogen-bond donors (Lipinski definition) is 3. The first-order valence-electron chi connectivity index (χ1n) is 12.6. The van der Waals surface area contributed by atoms with E-state index in [1.54, 1.807) is 0 Å². The maximum absolute atomic E-state index is 14.6. The fourth-order valence-electron chi connectivity index (χ4n) is 6.20. The van der Waals surface area contributed by atoms with Gasteiger partial charge in [-0.1, -0.05) is 0 Å². The molecule has 3 heterocycles. The molecule has 202 valence electrons. The number of fused-ring (bicyclic) bond motifs is 2. The van der Waals surface area contributed by atoms with Gasteiger partial charge in [0.2, 0.25) is 17.7 Å². The fraction of sp³-hybridized carbons (Fsp3) is 0.538. The number of likely N-dealkylation sites (tertiary alicyclic amines) is 1. The van der Waals surface area contributed by atoms with Crippen LogP contribution in [0, 0.1) is 47.6 Å². The van der Waals surface area contributed by atoms with E-state index in [4.69, 9.17) is 0 Å². The molecule has 3 N–H and O–H groups in total. The van der Waals surface area contributed by atoms with Crippen molar-refractivity contribution in [1.82, 2.24) is 20.5 Å². The second-order valence-corrected chi connectivity index (χ2v) is 10.6. The van der Waals surface area contributed by atoms with Crippen LogP contribution in [0.3, 0.4) is 0 Å². The van der Waals surface area contributed by atoms with Crippen LogP contribution in [0.1, 0.15) is 48.2 Å². The summed E-state index contributed by atoms with van der Waals surface area (Å²) >= 11 is 0. The fourth-order valence-corrected chi connectivity index (χ4v) is 6.20. The lowest BCUT2D eigenvalue weighted by atomic mass is 9.90. The minimum Gasteiger partial charge on any atom is -0.356 e. The highest BCUT2D eigenvalue weighted by Crippen LogP contribution is 2.50. The molecule has 1 aliphatic carbocycles. The van der Waals surface area contributed by atoms with Gasteiger partial charge in [-0.25, -0.2) is 17.6 Å². The number of carbonyl (C=O) groups excluding carboxylic acids is 3. The molecule has 1 aromatic heterocycles. The first kappa shape index (κ1) is 26.0. The summed E-state index contributed by atoms with van der Waals surface area (Å²) in [4.78, 5) is 42.8. The summed E-state index contributed by atoms with van der Waals surface area (Å²) in [5.74, 6) is -8.18. The maximum Gasteiger partial charge on any atom is 0.271 e. The Bertz CT molecular complexity index is 1350. The van der Waals surface area contributed by atoms with Crippen LogP contribution in [0.25, 0.3) is 10.9 Å². The van der Waals surface area contributed by atoms with Crippen molar-refractivity contribution in [2.24, 2.45) is 17.8 Å². The SMILES string of the molecule is Cc1cc(F)c2cc(C(=O)N3C[C@@H]4CC(F)(F)C[C@@H]4[C@H]3C(=O)N[C@H](C#N)C[C@@H]3CCCNC3=O)[nH]c2c1F. The van der Waals surface area contributed by atoms with E-state index < -0.39 is 72.1 Å². The van der Waals surface area contributed by atoms with Gasteiger partial charge in [0.25, 0.3) is 5.91 Å². The van der Waals surface area contributed by atoms with Gasteiger partial charge in [-0.05, 0) is 55.7 Å². The molecule has 38 heavy (non-hydrogen) atoms. The minimum atomic E-state index is -3.00. The number of H-pyrrole nitrogens is 1. The molecule has 3 fully saturated rings. The largest absolute Gasteiger partial charge is 0.356 e. The van der Waals surface area contributed by atoms with Crippen molar-refractivity contribution in [2.45, 2.75) is 57.0 Å². The monoisotopic (exact) mass is 533 g/mol. The summed E-state index contributed by atoms with van der Waals surface area (Å²) in [6.07, 6.45) is 0.245. The molecule has 0 unspecified atom stereocenters. The number of nitrogens with one attached hydrogen (secondary N) is 3. The zero-order valence-corrected chi connectivity index (χ0v) is 20.6. The number of carbonyl (C=O) groups is 3. The summed E-state index contributed by atoms with van der Waals surface area (Å²) in [5, 5.41) is 14.8. The van der Waals surface area contributed by atoms with Gasteiger partial charge >= 0.3 is 0 Å². The molecule has 12 heteroatoms. The third-order valence-corrected chi connectivity index (χ3v) is 8.01. The zero-order valence-electron chi connectivity index (χ0n) is 20.6. The second kappa shape index (κ2) is 9.60. The predicted octanol–water partition coefficient (Wildman–Crippen LogP) is 3.17. The third-order valence-electron chi connectivity index (χ3n) is 8.01. The number of piperidine rings is 1. The topological polar surface area (TPSA) is 118 Å². The lowest BCUT2D eigenvalue weighted by Crippen LogP contribution is -2.52. The molecule has 1 saturated carbocycles. The molecule has 8 nitrogen and oxygen atoms in total. The number of amides is 3. The quantitative estimate of drug-likeness (QED) is 0.512. The first-order chi connectivity index (χ1) is 18.0. The number of nitriles is 1. The summed E-state index contributed by atoms with van der Waals surface area (Å²) in [6.45, 7) is 1.78. The molecule has 2 aromatic rings. The van der Waals surface area contributed by atoms with Crippen LogP contribution in [0.15, 0.2) is 12.1 Å². The number of hydrogen-bond acceptors (Lipinski definition) is 4. The van der Waals surface area contributed by atoms with Gasteiger partial charge in [0.15, 0.2) is 0 Å². The minimum absolute atomic E-state index is 0.0419. The number of aromatic nitrogens is 1. The van der Waals surface area contributed by atoms with E-state index in [9.17, 15) is 37.2 Å². The van der Waals surface area contributed by atoms with Crippen molar-refractivity contribution in [3.05, 3.63) is 35.0 Å². The van der Waals surface area contributed by atoms with Crippen molar-refractivity contribution in [3.63, 3.8) is 0 Å². The van der Waals surface area contributed by atoms with E-state index in [0.717, 1.165) is 23.5 Å². The van der Waals surface area contributed by atoms with E-state index in [-0.39, 0.29) is 41.0 Å². The Kier molecular flexibility index (Phi) is 6.57. The Morgan fingerprint density at radius 3 is 2.76 bits per heavy atom. The average Bonchev–Trinajstić information content (AvgIpc) is 3.53. The van der Waals surface area contributed by atoms with Crippen molar-refractivity contribution in [1.29, 1.82) is 5.26 Å². The van der Waals surface area contributed by atoms with E-state index in [1.165, 1.54) is 6.92 Å². The van der Waals surface area contributed by atoms with Crippen LogP contribution < -0.4 is 10.6 Å². The van der Waals surface area contributed by atoms with Crippen molar-refractivity contribution >= 4 is 28.6 Å². The van der Waals surface area contributed by atoms with Gasteiger partial charge in [-0.15, -0.1) is 0 Å². The van der Waals surface area contributed by atoms with Crippen molar-refractivity contribution in [2.75, 3.05) is 13.1 Å². The third kappa shape index (κ3) is 4.59. The highest BCUT2D eigenvalue weighted by atomic mass is 19.3. The number of benzene rings is 1. The molecule has 3 aliphatic rings. The standard InChI is InChI=1S/C26H27F4N5O3/c1-12-5-18(27)16-7-19(34-21(16)20(12)28)25(38)35-11-14-8-26(29,30)9-17(14)22(35)24(37)33-15(10-31)6-13-3-2-4-32-23(13)36/h5,7,13-15,17,22,34H,2-4,6,8-9,11H2,1H3,(H,32,36)(H,33,37)/t13-,14-,15-,17-,22-/m0/s1. The Balaban J connectivity index is 1.41. The Morgan fingerprint density at radius 2 is 2.05 bits per heavy atom. The molecule has 5 rings (SSSR count). The molecule has 2 aliphatic heterocycles. The number of halogens is 4. The lowest BCUT2D eigenvalue weighted by Gasteiger charge is -2.29. The van der Waals surface area contributed by atoms with Gasteiger partial charge in [-0.3, -0.25) is 14.4 Å². The van der Waals surface area contributed by atoms with E-state index in [2.05, 4.69) is 15.6 Å². The van der Waals surface area contributed by atoms with Crippen LogP contribution in [0.5, 0.6) is 0 Å². The number of rotatable bonds is 5. The molecule has 0 spiro atoms. The number of alkyl halides is 2. The summed E-state index contributed by atoms with van der Waals surface area (Å²) in [5.41, 5.74) is -0.336. The van der Waals surface area contributed by atoms with Crippen LogP contribution in [0.4, 0.5) is 17.6 Å². The Labute approximate surface area is 215 Å². The van der Waals surface area contributed by atoms with Crippen molar-refractivity contribution in [3.8, 4) is 6.07 Å². The lowest BCUT2D eigenvalue weighted by molar-refractivity contribution is -0.129. The Hall–Kier alpha value is -3.62. The van der Waals surface area contributed by atoms with Crippen LogP contribution in [0.2, 0.25) is 0 Å². The van der Waals surface area contributed by atoms with Gasteiger partial charge in [0.1, 0.15) is 29.4 Å². The van der Waals surface area contributed by atoms with Gasteiger partial charge in [0.05, 0.1) is 11.6 Å². The van der Waals surface area contributed by atoms with E-state index in [1.807, 2.05) is 6.07 Å². The molecule has 3 amide bonds. The maximum atomic E-state index is 14.6. The summed E-state index contributed by atoms with van der Waals surface area (Å²) in [6, 6.07) is 1.74. The smallest absolute Gasteiger partial charge is 0.271 e. The van der Waals surface area contributed by atoms with Crippen LogP contribution in [-0.2, 0) is 9.59 Å². The number of nitrogens with zero attached hydrogens (tertiary/aromatic N) is 2. The van der Waals surface area contributed by atoms with Gasteiger partial charge in [0, 0.05) is 37.2 Å². The number of aromatic amines is 1. The molecule has 2 saturated heterocycles. The molecular formula is C26H27F4N5O3. The predicted molar refractivity (Wildman–Crippen MR) is 127 cm³/mol. The van der Waals surface area contributed by atoms with E-state index in [0.29, 0.717) is 13.0 Å². The second-order valence-electron chi connectivity index (χ2n) is 10.6. The summed E-state index contributed by atoms with van der Waals surface area (Å²) < 4.78 is 57.6. The highest BCUT2D eigenvalue weighted by Gasteiger charge is 2.58. The molecule has 0 bridgehead atoms. The zero-order chi connectivity index (χ0) is 27.4. The molecule has 1 aromatic carbocycles. The molecule has 0 radical (unpaired) electrons. The van der Waals surface area contributed by atoms with Crippen LogP contribution in [-0.4, -0.2) is 58.7 Å². The Morgan fingerprint density at radius 1 is 1.29 bits per heavy atom. The summed E-state index contributed by atoms with van der Waals surface area (Å²) in [7, 11) is 0. The van der Waals surface area contributed by atoms with Gasteiger partial charge in [-0.2, -0.15) is 5.26 Å². The number of aryl methyl sites for hydroxylation is 1. The van der Waals surface area contributed by atoms with Gasteiger partial charge < -0.3 is 20.5 Å². The molecular weight excluding hydrogens is 506 g/mol. The first-order valence-corrected chi connectivity index (χ1v) is 12.6.